The number of rotatable bonds is 7. The predicted molar refractivity (Wildman–Crippen MR) is 60.5 cm³/mol. The molecule has 0 radical (unpaired) electrons. The SMILES string of the molecule is CC(=O)ON(CCN(OC(C)=O)OC(C)=O)OC(C)=O.[Zn]. The summed E-state index contributed by atoms with van der Waals surface area (Å²) >= 11 is 0. The largest absolute Gasteiger partial charge is 0.333 e. The number of hydrogen-bond acceptors (Lipinski definition) is 10. The maximum absolute atomic E-state index is 10.8. The van der Waals surface area contributed by atoms with E-state index in [0.29, 0.717) is 10.5 Å². The average Bonchev–Trinajstić information content (AvgIpc) is 2.22. The Morgan fingerprint density at radius 1 is 0.619 bits per heavy atom. The van der Waals surface area contributed by atoms with Crippen LogP contribution < -0.4 is 0 Å². The van der Waals surface area contributed by atoms with Crippen LogP contribution in [-0.2, 0) is 58.0 Å². The first-order chi connectivity index (χ1) is 9.20. The van der Waals surface area contributed by atoms with E-state index in [1.54, 1.807) is 0 Å². The molecule has 11 heteroatoms. The quantitative estimate of drug-likeness (QED) is 0.436. The summed E-state index contributed by atoms with van der Waals surface area (Å²) in [5.74, 6) is -2.90. The Morgan fingerprint density at radius 3 is 0.952 bits per heavy atom. The molecule has 0 aromatic heterocycles. The van der Waals surface area contributed by atoms with Crippen LogP contribution in [0.1, 0.15) is 27.7 Å². The van der Waals surface area contributed by atoms with Gasteiger partial charge in [0, 0.05) is 57.6 Å². The molecule has 0 heterocycles. The number of hydroxylamine groups is 4. The first-order valence-electron chi connectivity index (χ1n) is 5.50. The van der Waals surface area contributed by atoms with E-state index in [-0.39, 0.29) is 32.6 Å². The van der Waals surface area contributed by atoms with E-state index in [0.717, 1.165) is 27.7 Å². The van der Waals surface area contributed by atoms with Crippen LogP contribution in [0, 0.1) is 0 Å². The van der Waals surface area contributed by atoms with Gasteiger partial charge in [-0.3, -0.25) is 19.2 Å². The van der Waals surface area contributed by atoms with Crippen molar-refractivity contribution in [3.8, 4) is 0 Å². The molecule has 0 N–H and O–H groups in total. The van der Waals surface area contributed by atoms with Crippen molar-refractivity contribution < 1.29 is 58.0 Å². The van der Waals surface area contributed by atoms with E-state index in [9.17, 15) is 19.2 Å². The van der Waals surface area contributed by atoms with Gasteiger partial charge in [0.15, 0.2) is 0 Å². The van der Waals surface area contributed by atoms with Crippen LogP contribution in [0.4, 0.5) is 0 Å². The normalized spacial score (nSPS) is 9.62. The molecule has 116 valence electrons. The van der Waals surface area contributed by atoms with Gasteiger partial charge in [0.05, 0.1) is 13.1 Å². The fourth-order valence-corrected chi connectivity index (χ4v) is 0.957. The van der Waals surface area contributed by atoms with Crippen LogP contribution in [0.5, 0.6) is 0 Å². The standard InChI is InChI=1S/C10H16N2O8.Zn/c1-7(13)17-11(18-8(2)14)5-6-12(19-9(3)15)20-10(4)16;/h5-6H2,1-4H3;. The molecule has 0 atom stereocenters. The molecule has 0 aromatic carbocycles. The Bertz CT molecular complexity index is 321. The Morgan fingerprint density at radius 2 is 0.810 bits per heavy atom. The van der Waals surface area contributed by atoms with Crippen molar-refractivity contribution in [2.75, 3.05) is 13.1 Å². The van der Waals surface area contributed by atoms with Crippen LogP contribution in [0.2, 0.25) is 0 Å². The molecule has 0 rings (SSSR count). The van der Waals surface area contributed by atoms with Crippen molar-refractivity contribution in [1.82, 2.24) is 10.5 Å². The van der Waals surface area contributed by atoms with Gasteiger partial charge in [-0.05, 0) is 0 Å². The molecule has 0 aromatic rings. The van der Waals surface area contributed by atoms with E-state index in [2.05, 4.69) is 19.4 Å². The Kier molecular flexibility index (Phi) is 11.5. The second kappa shape index (κ2) is 11.1. The van der Waals surface area contributed by atoms with Crippen LogP contribution in [0.25, 0.3) is 0 Å². The Hall–Kier alpha value is -1.58. The number of nitrogens with zero attached hydrogens (tertiary/aromatic N) is 2. The summed E-state index contributed by atoms with van der Waals surface area (Å²) in [6.07, 6.45) is 0. The van der Waals surface area contributed by atoms with Crippen molar-refractivity contribution in [3.63, 3.8) is 0 Å². The molecule has 0 spiro atoms. The molecule has 0 amide bonds. The van der Waals surface area contributed by atoms with Gasteiger partial charge in [-0.15, -0.1) is 0 Å². The molecule has 0 saturated heterocycles. The summed E-state index contributed by atoms with van der Waals surface area (Å²) in [6.45, 7) is 3.97. The monoisotopic (exact) mass is 356 g/mol. The van der Waals surface area contributed by atoms with Gasteiger partial charge in [-0.1, -0.05) is 0 Å². The molecule has 0 saturated carbocycles. The number of carbonyl (C=O) groups excluding carboxylic acids is 4. The van der Waals surface area contributed by atoms with Crippen LogP contribution in [0.3, 0.4) is 0 Å². The second-order valence-electron chi connectivity index (χ2n) is 3.44. The maximum atomic E-state index is 10.8. The fourth-order valence-electron chi connectivity index (χ4n) is 0.957. The third-order valence-corrected chi connectivity index (χ3v) is 1.39. The zero-order valence-corrected chi connectivity index (χ0v) is 15.2. The molecular formula is C10H16N2O8Zn. The van der Waals surface area contributed by atoms with Gasteiger partial charge in [-0.25, -0.2) is 0 Å². The number of carbonyl (C=O) groups is 4. The van der Waals surface area contributed by atoms with Crippen LogP contribution in [0.15, 0.2) is 0 Å². The summed E-state index contributed by atoms with van der Waals surface area (Å²) in [4.78, 5) is 61.4. The first-order valence-corrected chi connectivity index (χ1v) is 5.50. The minimum absolute atomic E-state index is 0. The fraction of sp³-hybridized carbons (Fsp3) is 0.600. The minimum Gasteiger partial charge on any atom is -0.333 e. The minimum atomic E-state index is -0.724. The van der Waals surface area contributed by atoms with Crippen molar-refractivity contribution in [2.24, 2.45) is 0 Å². The number of hydrogen-bond donors (Lipinski definition) is 0. The van der Waals surface area contributed by atoms with Gasteiger partial charge in [0.1, 0.15) is 0 Å². The van der Waals surface area contributed by atoms with E-state index in [4.69, 9.17) is 0 Å². The third kappa shape index (κ3) is 13.2. The van der Waals surface area contributed by atoms with Crippen molar-refractivity contribution in [1.29, 1.82) is 0 Å². The summed E-state index contributed by atoms with van der Waals surface area (Å²) in [7, 11) is 0. The van der Waals surface area contributed by atoms with Gasteiger partial charge in [0.25, 0.3) is 0 Å². The summed E-state index contributed by atoms with van der Waals surface area (Å²) in [6, 6.07) is 0. The van der Waals surface area contributed by atoms with E-state index >= 15 is 0 Å². The van der Waals surface area contributed by atoms with Gasteiger partial charge in [0.2, 0.25) is 0 Å². The van der Waals surface area contributed by atoms with E-state index in [1.165, 1.54) is 0 Å². The molecule has 0 fully saturated rings. The Labute approximate surface area is 133 Å². The van der Waals surface area contributed by atoms with Gasteiger partial charge in [-0.2, -0.15) is 0 Å². The molecular weight excluding hydrogens is 342 g/mol. The van der Waals surface area contributed by atoms with Crippen LogP contribution >= 0.6 is 0 Å². The summed E-state index contributed by atoms with van der Waals surface area (Å²) < 4.78 is 0. The van der Waals surface area contributed by atoms with Gasteiger partial charge >= 0.3 is 23.9 Å². The van der Waals surface area contributed by atoms with Crippen molar-refractivity contribution >= 4 is 23.9 Å². The molecule has 10 nitrogen and oxygen atoms in total. The van der Waals surface area contributed by atoms with Crippen LogP contribution in [-0.4, -0.2) is 47.4 Å². The topological polar surface area (TPSA) is 112 Å². The smallest absolute Gasteiger partial charge is 0.326 e. The van der Waals surface area contributed by atoms with E-state index < -0.39 is 23.9 Å². The average molecular weight is 358 g/mol. The zero-order valence-electron chi connectivity index (χ0n) is 12.3. The van der Waals surface area contributed by atoms with Gasteiger partial charge < -0.3 is 19.4 Å². The predicted octanol–water partition coefficient (Wildman–Crippen LogP) is -0.500. The van der Waals surface area contributed by atoms with Crippen molar-refractivity contribution in [3.05, 3.63) is 0 Å². The summed E-state index contributed by atoms with van der Waals surface area (Å²) in [5, 5.41) is 1.15. The molecule has 21 heavy (non-hydrogen) atoms. The summed E-state index contributed by atoms with van der Waals surface area (Å²) in [5.41, 5.74) is 0. The molecule has 0 aliphatic carbocycles. The molecule has 0 bridgehead atoms. The Balaban J connectivity index is 0. The van der Waals surface area contributed by atoms with E-state index in [1.807, 2.05) is 0 Å². The maximum Gasteiger partial charge on any atom is 0.326 e. The molecule has 0 aliphatic heterocycles. The third-order valence-electron chi connectivity index (χ3n) is 1.39. The molecule has 0 aliphatic rings. The molecule has 0 unspecified atom stereocenters. The second-order valence-corrected chi connectivity index (χ2v) is 3.44. The van der Waals surface area contributed by atoms with Crippen molar-refractivity contribution in [2.45, 2.75) is 27.7 Å². The first kappa shape index (κ1) is 21.7. The zero-order chi connectivity index (χ0) is 15.7.